The average molecular weight is 339 g/mol. The molecule has 0 atom stereocenters. The van der Waals surface area contributed by atoms with Gasteiger partial charge in [-0.25, -0.2) is 4.99 Å². The van der Waals surface area contributed by atoms with Crippen molar-refractivity contribution in [1.29, 1.82) is 0 Å². The average Bonchev–Trinajstić information content (AvgIpc) is 2.44. The van der Waals surface area contributed by atoms with Crippen LogP contribution in [0.4, 0.5) is 5.69 Å². The first-order chi connectivity index (χ1) is 9.95. The Morgan fingerprint density at radius 1 is 1.05 bits per heavy atom. The maximum atomic E-state index is 5.99. The molecule has 0 fully saturated rings. The predicted molar refractivity (Wildman–Crippen MR) is 95.0 cm³/mol. The minimum atomic E-state index is 0.532. The second-order valence-electron chi connectivity index (χ2n) is 4.76. The summed E-state index contributed by atoms with van der Waals surface area (Å²) in [5, 5.41) is 1.64. The highest BCUT2D eigenvalue weighted by molar-refractivity contribution is 8.13. The van der Waals surface area contributed by atoms with E-state index in [1.54, 1.807) is 6.07 Å². The highest BCUT2D eigenvalue weighted by atomic mass is 35.5. The normalized spacial score (nSPS) is 11.7. The van der Waals surface area contributed by atoms with Gasteiger partial charge in [-0.2, -0.15) is 0 Å². The lowest BCUT2D eigenvalue weighted by Gasteiger charge is -2.04. The first-order valence-electron chi connectivity index (χ1n) is 6.44. The van der Waals surface area contributed by atoms with Gasteiger partial charge < -0.3 is 5.73 Å². The van der Waals surface area contributed by atoms with Crippen molar-refractivity contribution in [3.05, 3.63) is 63.1 Å². The van der Waals surface area contributed by atoms with Gasteiger partial charge in [-0.05, 0) is 54.8 Å². The summed E-state index contributed by atoms with van der Waals surface area (Å²) in [6.07, 6.45) is 0. The molecule has 0 saturated carbocycles. The molecular formula is C16H16Cl2N2S. The Balaban J connectivity index is 2.03. The molecule has 0 unspecified atom stereocenters. The molecule has 2 N–H and O–H groups in total. The van der Waals surface area contributed by atoms with Gasteiger partial charge in [-0.1, -0.05) is 47.1 Å². The molecular weight excluding hydrogens is 323 g/mol. The van der Waals surface area contributed by atoms with E-state index in [1.807, 2.05) is 30.3 Å². The molecule has 0 amide bonds. The number of amidine groups is 1. The Hall–Kier alpha value is -1.16. The Morgan fingerprint density at radius 2 is 1.81 bits per heavy atom. The molecule has 2 aromatic carbocycles. The molecule has 0 aliphatic heterocycles. The van der Waals surface area contributed by atoms with E-state index in [0.29, 0.717) is 21.0 Å². The zero-order chi connectivity index (χ0) is 15.4. The zero-order valence-corrected chi connectivity index (χ0v) is 14.2. The van der Waals surface area contributed by atoms with E-state index in [9.17, 15) is 0 Å². The molecule has 0 saturated heterocycles. The Bertz CT molecular complexity index is 684. The third-order valence-electron chi connectivity index (χ3n) is 3.10. The maximum absolute atomic E-state index is 5.99. The number of thioether (sulfide) groups is 1. The molecule has 0 spiro atoms. The summed E-state index contributed by atoms with van der Waals surface area (Å²) in [6, 6.07) is 11.6. The molecule has 0 aliphatic carbocycles. The summed E-state index contributed by atoms with van der Waals surface area (Å²) >= 11 is 13.4. The van der Waals surface area contributed by atoms with Crippen molar-refractivity contribution in [2.75, 3.05) is 0 Å². The summed E-state index contributed by atoms with van der Waals surface area (Å²) < 4.78 is 0. The number of hydrogen-bond acceptors (Lipinski definition) is 2. The van der Waals surface area contributed by atoms with Gasteiger partial charge in [-0.3, -0.25) is 0 Å². The summed E-state index contributed by atoms with van der Waals surface area (Å²) in [5.41, 5.74) is 10.4. The smallest absolute Gasteiger partial charge is 0.159 e. The highest BCUT2D eigenvalue weighted by Gasteiger charge is 2.02. The van der Waals surface area contributed by atoms with Crippen molar-refractivity contribution in [3.63, 3.8) is 0 Å². The molecule has 0 heterocycles. The Labute approximate surface area is 139 Å². The SMILES string of the molecule is Cc1ccc(N=C(N)SCc2ccc(Cl)c(Cl)c2)cc1C. The van der Waals surface area contributed by atoms with E-state index in [2.05, 4.69) is 18.8 Å². The second-order valence-corrected chi connectivity index (χ2v) is 6.57. The highest BCUT2D eigenvalue weighted by Crippen LogP contribution is 2.25. The van der Waals surface area contributed by atoms with Crippen molar-refractivity contribution < 1.29 is 0 Å². The first kappa shape index (κ1) is 16.2. The van der Waals surface area contributed by atoms with E-state index >= 15 is 0 Å². The van der Waals surface area contributed by atoms with Crippen LogP contribution in [-0.2, 0) is 5.75 Å². The van der Waals surface area contributed by atoms with Crippen LogP contribution in [0.1, 0.15) is 16.7 Å². The topological polar surface area (TPSA) is 38.4 Å². The molecule has 2 rings (SSSR count). The zero-order valence-electron chi connectivity index (χ0n) is 11.9. The monoisotopic (exact) mass is 338 g/mol. The van der Waals surface area contributed by atoms with Crippen molar-refractivity contribution in [2.45, 2.75) is 19.6 Å². The van der Waals surface area contributed by atoms with Crippen LogP contribution in [0.25, 0.3) is 0 Å². The summed E-state index contributed by atoms with van der Waals surface area (Å²) in [6.45, 7) is 4.14. The van der Waals surface area contributed by atoms with Crippen LogP contribution in [-0.4, -0.2) is 5.17 Å². The van der Waals surface area contributed by atoms with Gasteiger partial charge in [0, 0.05) is 5.75 Å². The minimum absolute atomic E-state index is 0.532. The van der Waals surface area contributed by atoms with Crippen molar-refractivity contribution in [2.24, 2.45) is 10.7 Å². The Kier molecular flexibility index (Phi) is 5.57. The second kappa shape index (κ2) is 7.21. The fourth-order valence-corrected chi connectivity index (χ4v) is 2.73. The van der Waals surface area contributed by atoms with Crippen LogP contribution in [0.5, 0.6) is 0 Å². The lowest BCUT2D eigenvalue weighted by atomic mass is 10.1. The van der Waals surface area contributed by atoms with Crippen LogP contribution in [0.3, 0.4) is 0 Å². The van der Waals surface area contributed by atoms with Crippen LogP contribution < -0.4 is 5.73 Å². The van der Waals surface area contributed by atoms with Gasteiger partial charge in [0.05, 0.1) is 15.7 Å². The molecule has 5 heteroatoms. The number of halogens is 2. The minimum Gasteiger partial charge on any atom is -0.378 e. The third kappa shape index (κ3) is 4.67. The largest absolute Gasteiger partial charge is 0.378 e. The van der Waals surface area contributed by atoms with E-state index in [-0.39, 0.29) is 0 Å². The summed E-state index contributed by atoms with van der Waals surface area (Å²) in [4.78, 5) is 4.41. The van der Waals surface area contributed by atoms with Crippen LogP contribution in [0.2, 0.25) is 10.0 Å². The van der Waals surface area contributed by atoms with E-state index in [0.717, 1.165) is 11.3 Å². The molecule has 2 nitrogen and oxygen atoms in total. The van der Waals surface area contributed by atoms with Gasteiger partial charge in [0.15, 0.2) is 5.17 Å². The van der Waals surface area contributed by atoms with Gasteiger partial charge in [0.25, 0.3) is 0 Å². The lowest BCUT2D eigenvalue weighted by molar-refractivity contribution is 1.32. The fourth-order valence-electron chi connectivity index (χ4n) is 1.74. The predicted octanol–water partition coefficient (Wildman–Crippen LogP) is 5.49. The third-order valence-corrected chi connectivity index (χ3v) is 4.70. The number of hydrogen-bond donors (Lipinski definition) is 1. The van der Waals surface area contributed by atoms with E-state index < -0.39 is 0 Å². The van der Waals surface area contributed by atoms with Crippen molar-refractivity contribution in [1.82, 2.24) is 0 Å². The maximum Gasteiger partial charge on any atom is 0.159 e. The molecule has 2 aromatic rings. The number of nitrogens with two attached hydrogens (primary N) is 1. The molecule has 0 radical (unpaired) electrons. The quantitative estimate of drug-likeness (QED) is 0.593. The molecule has 21 heavy (non-hydrogen) atoms. The molecule has 0 aliphatic rings. The van der Waals surface area contributed by atoms with Crippen LogP contribution in [0.15, 0.2) is 41.4 Å². The summed E-state index contributed by atoms with van der Waals surface area (Å²) in [5.74, 6) is 0.705. The molecule has 0 bridgehead atoms. The molecule has 0 aromatic heterocycles. The number of rotatable bonds is 3. The van der Waals surface area contributed by atoms with Crippen LogP contribution >= 0.6 is 35.0 Å². The molecule has 110 valence electrons. The standard InChI is InChI=1S/C16H16Cl2N2S/c1-10-3-5-13(7-11(10)2)20-16(19)21-9-12-4-6-14(17)15(18)8-12/h3-8H,9H2,1-2H3,(H2,19,20). The van der Waals surface area contributed by atoms with Gasteiger partial charge in [0.1, 0.15) is 0 Å². The van der Waals surface area contributed by atoms with Crippen LogP contribution in [0, 0.1) is 13.8 Å². The number of nitrogens with zero attached hydrogens (tertiary/aromatic N) is 1. The number of benzene rings is 2. The number of aryl methyl sites for hydroxylation is 2. The van der Waals surface area contributed by atoms with Gasteiger partial charge in [0.2, 0.25) is 0 Å². The Morgan fingerprint density at radius 3 is 2.48 bits per heavy atom. The van der Waals surface area contributed by atoms with Gasteiger partial charge in [-0.15, -0.1) is 0 Å². The summed E-state index contributed by atoms with van der Waals surface area (Å²) in [7, 11) is 0. The number of aliphatic imine (C=N–C) groups is 1. The van der Waals surface area contributed by atoms with E-state index in [4.69, 9.17) is 28.9 Å². The fraction of sp³-hybridized carbons (Fsp3) is 0.188. The van der Waals surface area contributed by atoms with Crippen molar-refractivity contribution in [3.8, 4) is 0 Å². The first-order valence-corrected chi connectivity index (χ1v) is 8.18. The van der Waals surface area contributed by atoms with Crippen molar-refractivity contribution >= 4 is 45.8 Å². The lowest BCUT2D eigenvalue weighted by Crippen LogP contribution is -2.06. The van der Waals surface area contributed by atoms with Gasteiger partial charge >= 0.3 is 0 Å². The van der Waals surface area contributed by atoms with E-state index in [1.165, 1.54) is 22.9 Å².